The van der Waals surface area contributed by atoms with E-state index in [1.807, 2.05) is 5.38 Å². The summed E-state index contributed by atoms with van der Waals surface area (Å²) in [4.78, 5) is 27.5. The van der Waals surface area contributed by atoms with Crippen LogP contribution in [-0.2, 0) is 23.9 Å². The minimum Gasteiger partial charge on any atom is -0.390 e. The van der Waals surface area contributed by atoms with Gasteiger partial charge in [-0.1, -0.05) is 20.8 Å². The molecule has 1 aliphatic carbocycles. The van der Waals surface area contributed by atoms with Crippen LogP contribution < -0.4 is 10.5 Å². The highest BCUT2D eigenvalue weighted by molar-refractivity contribution is 7.13. The van der Waals surface area contributed by atoms with Crippen LogP contribution in [-0.4, -0.2) is 33.1 Å². The summed E-state index contributed by atoms with van der Waals surface area (Å²) in [5.41, 5.74) is 2.39. The first kappa shape index (κ1) is 17.7. The predicted octanol–water partition coefficient (Wildman–Crippen LogP) is 2.50. The van der Waals surface area contributed by atoms with Gasteiger partial charge in [0.25, 0.3) is 5.56 Å². The van der Waals surface area contributed by atoms with E-state index in [0.717, 1.165) is 66.7 Å². The first-order chi connectivity index (χ1) is 12.3. The maximum absolute atomic E-state index is 12.7. The maximum Gasteiger partial charge on any atom is 0.254 e. The van der Waals surface area contributed by atoms with Crippen LogP contribution in [0, 0.1) is 0 Å². The summed E-state index contributed by atoms with van der Waals surface area (Å²) >= 11 is 1.58. The minimum absolute atomic E-state index is 0.0236. The fraction of sp³-hybridized carbons (Fsp3) is 0.632. The van der Waals surface area contributed by atoms with Crippen LogP contribution in [0.15, 0.2) is 10.2 Å². The van der Waals surface area contributed by atoms with Gasteiger partial charge in [-0.3, -0.25) is 4.79 Å². The Morgan fingerprint density at radius 2 is 2.15 bits per heavy atom. The van der Waals surface area contributed by atoms with Gasteiger partial charge in [-0.2, -0.15) is 0 Å². The van der Waals surface area contributed by atoms with Crippen molar-refractivity contribution in [2.75, 3.05) is 18.0 Å². The number of nitrogens with zero attached hydrogens (tertiary/aromatic N) is 3. The monoisotopic (exact) mass is 374 g/mol. The van der Waals surface area contributed by atoms with Gasteiger partial charge >= 0.3 is 0 Å². The van der Waals surface area contributed by atoms with Crippen molar-refractivity contribution in [3.05, 3.63) is 38.5 Å². The van der Waals surface area contributed by atoms with E-state index in [1.54, 1.807) is 11.3 Å². The van der Waals surface area contributed by atoms with Crippen LogP contribution in [0.4, 0.5) is 5.13 Å². The summed E-state index contributed by atoms with van der Waals surface area (Å²) in [5.74, 6) is 0.775. The Bertz CT molecular complexity index is 882. The van der Waals surface area contributed by atoms with Crippen LogP contribution in [0.25, 0.3) is 0 Å². The maximum atomic E-state index is 12.7. The van der Waals surface area contributed by atoms with E-state index in [2.05, 4.69) is 35.6 Å². The van der Waals surface area contributed by atoms with Crippen molar-refractivity contribution in [1.82, 2.24) is 15.0 Å². The van der Waals surface area contributed by atoms with Gasteiger partial charge in [0, 0.05) is 34.9 Å². The van der Waals surface area contributed by atoms with Crippen LogP contribution in [0.1, 0.15) is 62.8 Å². The molecule has 1 fully saturated rings. The SMILES string of the molecule is CC(C)(C)c1nc2c(c(=O)[nH]1)CCC21CCCN(c2nc(CO)cs2)C1. The number of aliphatic hydroxyl groups excluding tert-OH is 1. The average molecular weight is 375 g/mol. The number of thiazole rings is 1. The molecule has 6 nitrogen and oxygen atoms in total. The van der Waals surface area contributed by atoms with E-state index < -0.39 is 0 Å². The fourth-order valence-corrected chi connectivity index (χ4v) is 5.06. The van der Waals surface area contributed by atoms with Crippen molar-refractivity contribution >= 4 is 16.5 Å². The number of H-pyrrole nitrogens is 1. The molecular formula is C19H26N4O2S. The summed E-state index contributed by atoms with van der Waals surface area (Å²) in [6, 6.07) is 0. The summed E-state index contributed by atoms with van der Waals surface area (Å²) in [6.07, 6.45) is 3.90. The Morgan fingerprint density at radius 3 is 2.85 bits per heavy atom. The number of hydrogen-bond donors (Lipinski definition) is 2. The minimum atomic E-state index is -0.183. The Morgan fingerprint density at radius 1 is 1.35 bits per heavy atom. The van der Waals surface area contributed by atoms with Gasteiger partial charge in [0.2, 0.25) is 0 Å². The van der Waals surface area contributed by atoms with Gasteiger partial charge in [-0.15, -0.1) is 11.3 Å². The molecule has 4 rings (SSSR count). The lowest BCUT2D eigenvalue weighted by Gasteiger charge is -2.40. The topological polar surface area (TPSA) is 82.1 Å². The number of fused-ring (bicyclic) bond motifs is 2. The molecule has 1 unspecified atom stereocenters. The van der Waals surface area contributed by atoms with Crippen molar-refractivity contribution in [3.8, 4) is 0 Å². The number of anilines is 1. The summed E-state index contributed by atoms with van der Waals surface area (Å²) in [5, 5.41) is 12.2. The first-order valence-corrected chi connectivity index (χ1v) is 10.1. The smallest absolute Gasteiger partial charge is 0.254 e. The van der Waals surface area contributed by atoms with E-state index in [9.17, 15) is 9.90 Å². The zero-order valence-electron chi connectivity index (χ0n) is 15.6. The van der Waals surface area contributed by atoms with E-state index in [4.69, 9.17) is 4.98 Å². The molecule has 3 heterocycles. The van der Waals surface area contributed by atoms with Crippen molar-refractivity contribution in [2.45, 2.75) is 63.9 Å². The zero-order valence-corrected chi connectivity index (χ0v) is 16.4. The summed E-state index contributed by atoms with van der Waals surface area (Å²) in [6.45, 7) is 8.03. The molecular weight excluding hydrogens is 348 g/mol. The normalized spacial score (nSPS) is 22.8. The molecule has 1 spiro atoms. The Hall–Kier alpha value is -1.73. The van der Waals surface area contributed by atoms with Gasteiger partial charge < -0.3 is 15.0 Å². The van der Waals surface area contributed by atoms with Gasteiger partial charge in [-0.25, -0.2) is 9.97 Å². The third kappa shape index (κ3) is 2.87. The molecule has 2 aromatic heterocycles. The van der Waals surface area contributed by atoms with E-state index in [1.165, 1.54) is 0 Å². The van der Waals surface area contributed by atoms with E-state index in [0.29, 0.717) is 0 Å². The quantitative estimate of drug-likeness (QED) is 0.844. The zero-order chi connectivity index (χ0) is 18.5. The van der Waals surface area contributed by atoms with Crippen LogP contribution in [0.3, 0.4) is 0 Å². The number of aromatic amines is 1. The second-order valence-electron chi connectivity index (χ2n) is 8.58. The van der Waals surface area contributed by atoms with Gasteiger partial charge in [0.15, 0.2) is 5.13 Å². The summed E-state index contributed by atoms with van der Waals surface area (Å²) in [7, 11) is 0. The number of hydrogen-bond acceptors (Lipinski definition) is 6. The lowest BCUT2D eigenvalue weighted by Crippen LogP contribution is -2.46. The third-order valence-corrected chi connectivity index (χ3v) is 6.58. The predicted molar refractivity (Wildman–Crippen MR) is 103 cm³/mol. The van der Waals surface area contributed by atoms with Gasteiger partial charge in [0.05, 0.1) is 18.0 Å². The largest absolute Gasteiger partial charge is 0.390 e. The second kappa shape index (κ2) is 6.16. The lowest BCUT2D eigenvalue weighted by molar-refractivity contribution is 0.277. The molecule has 2 aromatic rings. The number of aliphatic hydroxyl groups is 1. The molecule has 26 heavy (non-hydrogen) atoms. The number of piperidine rings is 1. The average Bonchev–Trinajstić information content (AvgIpc) is 3.20. The molecule has 0 saturated carbocycles. The highest BCUT2D eigenvalue weighted by atomic mass is 32.1. The van der Waals surface area contributed by atoms with E-state index in [-0.39, 0.29) is 23.0 Å². The highest BCUT2D eigenvalue weighted by Crippen LogP contribution is 2.44. The van der Waals surface area contributed by atoms with Gasteiger partial charge in [0.1, 0.15) is 5.82 Å². The second-order valence-corrected chi connectivity index (χ2v) is 9.41. The molecule has 1 saturated heterocycles. The third-order valence-electron chi connectivity index (χ3n) is 5.63. The van der Waals surface area contributed by atoms with Crippen molar-refractivity contribution < 1.29 is 5.11 Å². The molecule has 7 heteroatoms. The number of rotatable bonds is 2. The standard InChI is InChI=1S/C19H26N4O2S/c1-18(2,3)16-21-14-13(15(25)22-16)5-7-19(14)6-4-8-23(11-19)17-20-12(9-24)10-26-17/h10,24H,4-9,11H2,1-3H3,(H,21,22,25). The number of nitrogens with one attached hydrogen (secondary N) is 1. The molecule has 0 radical (unpaired) electrons. The fourth-order valence-electron chi connectivity index (χ4n) is 4.21. The Kier molecular flexibility index (Phi) is 4.19. The molecule has 2 aliphatic rings. The van der Waals surface area contributed by atoms with Crippen molar-refractivity contribution in [2.24, 2.45) is 0 Å². The lowest BCUT2D eigenvalue weighted by atomic mass is 9.77. The molecule has 1 atom stereocenters. The van der Waals surface area contributed by atoms with Crippen LogP contribution in [0.2, 0.25) is 0 Å². The van der Waals surface area contributed by atoms with Crippen LogP contribution in [0.5, 0.6) is 0 Å². The Labute approximate surface area is 157 Å². The first-order valence-electron chi connectivity index (χ1n) is 9.27. The molecule has 0 bridgehead atoms. The summed E-state index contributed by atoms with van der Waals surface area (Å²) < 4.78 is 0. The molecule has 1 aliphatic heterocycles. The molecule has 0 aromatic carbocycles. The molecule has 140 valence electrons. The van der Waals surface area contributed by atoms with Gasteiger partial charge in [-0.05, 0) is 25.7 Å². The van der Waals surface area contributed by atoms with Crippen molar-refractivity contribution in [3.63, 3.8) is 0 Å². The molecule has 2 N–H and O–H groups in total. The van der Waals surface area contributed by atoms with E-state index >= 15 is 0 Å². The number of aromatic nitrogens is 3. The van der Waals surface area contributed by atoms with Crippen molar-refractivity contribution in [1.29, 1.82) is 0 Å². The Balaban J connectivity index is 1.72. The highest BCUT2D eigenvalue weighted by Gasteiger charge is 2.45. The van der Waals surface area contributed by atoms with Crippen LogP contribution >= 0.6 is 11.3 Å². The molecule has 0 amide bonds.